The molecule has 3 heteroatoms. The van der Waals surface area contributed by atoms with E-state index in [4.69, 9.17) is 11.6 Å². The van der Waals surface area contributed by atoms with Crippen LogP contribution in [0.4, 0.5) is 0 Å². The number of likely N-dealkylation sites (N-methyl/N-ethyl adjacent to an activating group) is 1. The van der Waals surface area contributed by atoms with Gasteiger partial charge in [0.1, 0.15) is 0 Å². The molecule has 0 N–H and O–H groups in total. The molecule has 1 rings (SSSR count). The predicted octanol–water partition coefficient (Wildman–Crippen LogP) is 3.89. The van der Waals surface area contributed by atoms with Gasteiger partial charge in [0.15, 0.2) is 0 Å². The molecule has 0 heterocycles. The first-order chi connectivity index (χ1) is 9.13. The van der Waals surface area contributed by atoms with Crippen LogP contribution in [0, 0.1) is 0 Å². The van der Waals surface area contributed by atoms with Gasteiger partial charge in [-0.1, -0.05) is 49.6 Å². The van der Waals surface area contributed by atoms with Gasteiger partial charge in [0.25, 0.3) is 0 Å². The van der Waals surface area contributed by atoms with Crippen molar-refractivity contribution in [1.29, 1.82) is 0 Å². The van der Waals surface area contributed by atoms with E-state index in [2.05, 4.69) is 43.0 Å². The summed E-state index contributed by atoms with van der Waals surface area (Å²) in [5, 5.41) is 0.882. The Bertz CT molecular complexity index is 352. The minimum atomic E-state index is 0.882. The van der Waals surface area contributed by atoms with Gasteiger partial charge in [0.05, 0.1) is 0 Å². The molecule has 0 aliphatic heterocycles. The molecule has 0 aliphatic carbocycles. The lowest BCUT2D eigenvalue weighted by Gasteiger charge is -2.24. The minimum Gasteiger partial charge on any atom is -0.308 e. The van der Waals surface area contributed by atoms with E-state index in [1.807, 2.05) is 12.1 Å². The van der Waals surface area contributed by atoms with Crippen molar-refractivity contribution in [3.05, 3.63) is 34.9 Å². The third-order valence-electron chi connectivity index (χ3n) is 3.29. The van der Waals surface area contributed by atoms with Gasteiger partial charge in [-0.15, -0.1) is 0 Å². The third-order valence-corrected chi connectivity index (χ3v) is 3.66. The summed E-state index contributed by atoms with van der Waals surface area (Å²) in [6.45, 7) is 6.56. The van der Waals surface area contributed by atoms with Crippen molar-refractivity contribution in [1.82, 2.24) is 9.80 Å². The van der Waals surface area contributed by atoms with E-state index in [0.29, 0.717) is 0 Å². The number of rotatable bonds is 9. The van der Waals surface area contributed by atoms with Crippen LogP contribution in [0.15, 0.2) is 24.3 Å². The number of hydrogen-bond acceptors (Lipinski definition) is 2. The summed E-state index contributed by atoms with van der Waals surface area (Å²) in [4.78, 5) is 4.75. The van der Waals surface area contributed by atoms with E-state index < -0.39 is 0 Å². The Balaban J connectivity index is 2.54. The summed E-state index contributed by atoms with van der Waals surface area (Å²) >= 11 is 6.26. The molecule has 1 aromatic rings. The summed E-state index contributed by atoms with van der Waals surface area (Å²) in [5.74, 6) is 0. The average molecular weight is 283 g/mol. The highest BCUT2D eigenvalue weighted by atomic mass is 35.5. The second-order valence-corrected chi connectivity index (χ2v) is 5.79. The van der Waals surface area contributed by atoms with Gasteiger partial charge in [-0.25, -0.2) is 0 Å². The Morgan fingerprint density at radius 3 is 2.37 bits per heavy atom. The number of nitrogens with zero attached hydrogens (tertiary/aromatic N) is 2. The zero-order valence-electron chi connectivity index (χ0n) is 12.5. The molecule has 0 amide bonds. The van der Waals surface area contributed by atoms with Crippen LogP contribution in [0.25, 0.3) is 0 Å². The van der Waals surface area contributed by atoms with Crippen molar-refractivity contribution in [3.63, 3.8) is 0 Å². The average Bonchev–Trinajstić information content (AvgIpc) is 2.38. The van der Waals surface area contributed by atoms with E-state index in [9.17, 15) is 0 Å². The molecule has 0 fully saturated rings. The van der Waals surface area contributed by atoms with Gasteiger partial charge in [0, 0.05) is 24.7 Å². The van der Waals surface area contributed by atoms with E-state index in [1.165, 1.54) is 24.8 Å². The number of benzene rings is 1. The van der Waals surface area contributed by atoms with Crippen molar-refractivity contribution >= 4 is 11.6 Å². The first kappa shape index (κ1) is 16.5. The molecule has 0 radical (unpaired) electrons. The number of halogens is 1. The molecule has 0 aromatic heterocycles. The zero-order valence-corrected chi connectivity index (χ0v) is 13.3. The minimum absolute atomic E-state index is 0.882. The van der Waals surface area contributed by atoms with Crippen molar-refractivity contribution < 1.29 is 0 Å². The van der Waals surface area contributed by atoms with E-state index in [-0.39, 0.29) is 0 Å². The quantitative estimate of drug-likeness (QED) is 0.634. The summed E-state index contributed by atoms with van der Waals surface area (Å²) < 4.78 is 0. The first-order valence-electron chi connectivity index (χ1n) is 7.24. The Kier molecular flexibility index (Phi) is 8.11. The standard InChI is InChI=1S/C16H27ClN2/c1-4-5-8-11-19(13-12-18(2)3)14-15-9-6-7-10-16(15)17/h6-7,9-10H,4-5,8,11-14H2,1-3H3. The van der Waals surface area contributed by atoms with E-state index >= 15 is 0 Å². The highest BCUT2D eigenvalue weighted by Gasteiger charge is 2.08. The largest absolute Gasteiger partial charge is 0.308 e. The fourth-order valence-corrected chi connectivity index (χ4v) is 2.26. The van der Waals surface area contributed by atoms with Crippen LogP contribution in [-0.4, -0.2) is 43.5 Å². The van der Waals surface area contributed by atoms with Crippen molar-refractivity contribution in [2.24, 2.45) is 0 Å². The van der Waals surface area contributed by atoms with Gasteiger partial charge in [-0.2, -0.15) is 0 Å². The van der Waals surface area contributed by atoms with Crippen LogP contribution in [0.1, 0.15) is 31.7 Å². The summed E-state index contributed by atoms with van der Waals surface area (Å²) in [5.41, 5.74) is 1.24. The molecule has 2 nitrogen and oxygen atoms in total. The zero-order chi connectivity index (χ0) is 14.1. The molecular formula is C16H27ClN2. The van der Waals surface area contributed by atoms with Crippen molar-refractivity contribution in [3.8, 4) is 0 Å². The van der Waals surface area contributed by atoms with Crippen molar-refractivity contribution in [2.45, 2.75) is 32.7 Å². The van der Waals surface area contributed by atoms with Gasteiger partial charge < -0.3 is 4.90 Å². The smallest absolute Gasteiger partial charge is 0.0451 e. The predicted molar refractivity (Wildman–Crippen MR) is 84.8 cm³/mol. The van der Waals surface area contributed by atoms with Crippen LogP contribution < -0.4 is 0 Å². The molecule has 1 aromatic carbocycles. The fraction of sp³-hybridized carbons (Fsp3) is 0.625. The van der Waals surface area contributed by atoms with Crippen molar-refractivity contribution in [2.75, 3.05) is 33.7 Å². The van der Waals surface area contributed by atoms with Gasteiger partial charge in [-0.3, -0.25) is 4.90 Å². The van der Waals surface area contributed by atoms with Gasteiger partial charge in [0.2, 0.25) is 0 Å². The summed E-state index contributed by atoms with van der Waals surface area (Å²) in [7, 11) is 4.25. The van der Waals surface area contributed by atoms with Crippen LogP contribution in [-0.2, 0) is 6.54 Å². The SMILES string of the molecule is CCCCCN(CCN(C)C)Cc1ccccc1Cl. The number of hydrogen-bond donors (Lipinski definition) is 0. The third kappa shape index (κ3) is 6.95. The van der Waals surface area contributed by atoms with E-state index in [0.717, 1.165) is 31.2 Å². The Morgan fingerprint density at radius 1 is 1.00 bits per heavy atom. The Hall–Kier alpha value is -0.570. The molecule has 0 saturated heterocycles. The molecule has 0 unspecified atom stereocenters. The summed E-state index contributed by atoms with van der Waals surface area (Å²) in [6.07, 6.45) is 3.85. The lowest BCUT2D eigenvalue weighted by Crippen LogP contribution is -2.32. The highest BCUT2D eigenvalue weighted by Crippen LogP contribution is 2.17. The Morgan fingerprint density at radius 2 is 1.74 bits per heavy atom. The molecule has 0 aliphatic rings. The lowest BCUT2D eigenvalue weighted by molar-refractivity contribution is 0.229. The van der Waals surface area contributed by atoms with Crippen LogP contribution >= 0.6 is 11.6 Å². The second kappa shape index (κ2) is 9.35. The summed E-state index contributed by atoms with van der Waals surface area (Å²) in [6, 6.07) is 8.17. The lowest BCUT2D eigenvalue weighted by atomic mass is 10.2. The maximum Gasteiger partial charge on any atom is 0.0451 e. The molecule has 108 valence electrons. The maximum atomic E-state index is 6.26. The van der Waals surface area contributed by atoms with Crippen LogP contribution in [0.2, 0.25) is 5.02 Å². The molecule has 0 spiro atoms. The molecular weight excluding hydrogens is 256 g/mol. The fourth-order valence-electron chi connectivity index (χ4n) is 2.06. The second-order valence-electron chi connectivity index (χ2n) is 5.38. The maximum absolute atomic E-state index is 6.26. The Labute approximate surface area is 123 Å². The molecule has 19 heavy (non-hydrogen) atoms. The van der Waals surface area contributed by atoms with Crippen LogP contribution in [0.3, 0.4) is 0 Å². The first-order valence-corrected chi connectivity index (χ1v) is 7.61. The monoisotopic (exact) mass is 282 g/mol. The molecule has 0 bridgehead atoms. The topological polar surface area (TPSA) is 6.48 Å². The van der Waals surface area contributed by atoms with Crippen LogP contribution in [0.5, 0.6) is 0 Å². The molecule has 0 atom stereocenters. The van der Waals surface area contributed by atoms with Gasteiger partial charge >= 0.3 is 0 Å². The molecule has 0 saturated carbocycles. The number of unbranched alkanes of at least 4 members (excludes halogenated alkanes) is 2. The normalized spacial score (nSPS) is 11.5. The highest BCUT2D eigenvalue weighted by molar-refractivity contribution is 6.31. The van der Waals surface area contributed by atoms with Gasteiger partial charge in [-0.05, 0) is 38.7 Å². The van der Waals surface area contributed by atoms with E-state index in [1.54, 1.807) is 0 Å².